The zero-order chi connectivity index (χ0) is 20.9. The van der Waals surface area contributed by atoms with Gasteiger partial charge in [-0.1, -0.05) is 50.3 Å². The summed E-state index contributed by atoms with van der Waals surface area (Å²) >= 11 is 0. The van der Waals surface area contributed by atoms with Crippen LogP contribution in [0.2, 0.25) is 0 Å². The van der Waals surface area contributed by atoms with Crippen molar-refractivity contribution >= 4 is 10.9 Å². The second kappa shape index (κ2) is 9.78. The summed E-state index contributed by atoms with van der Waals surface area (Å²) in [7, 11) is 0. The number of unbranched alkanes of at least 4 members (excludes halogenated alkanes) is 4. The second-order valence-corrected chi connectivity index (χ2v) is 9.10. The van der Waals surface area contributed by atoms with Crippen molar-refractivity contribution in [1.82, 2.24) is 14.5 Å². The Morgan fingerprint density at radius 3 is 2.63 bits per heavy atom. The van der Waals surface area contributed by atoms with Gasteiger partial charge in [0.15, 0.2) is 0 Å². The number of benzene rings is 1. The van der Waals surface area contributed by atoms with E-state index < -0.39 is 0 Å². The minimum absolute atomic E-state index is 1.04. The van der Waals surface area contributed by atoms with E-state index in [2.05, 4.69) is 65.6 Å². The van der Waals surface area contributed by atoms with E-state index >= 15 is 0 Å². The first-order valence-electron chi connectivity index (χ1n) is 11.9. The molecule has 3 nitrogen and oxygen atoms in total. The lowest BCUT2D eigenvalue weighted by atomic mass is 10.0. The predicted octanol–water partition coefficient (Wildman–Crippen LogP) is 6.22. The molecule has 0 radical (unpaired) electrons. The molecule has 160 valence electrons. The lowest BCUT2D eigenvalue weighted by Gasteiger charge is -2.28. The number of nitrogens with zero attached hydrogens (tertiary/aromatic N) is 3. The molecule has 0 spiro atoms. The zero-order valence-electron chi connectivity index (χ0n) is 19.1. The monoisotopic (exact) mass is 403 g/mol. The van der Waals surface area contributed by atoms with E-state index in [1.807, 2.05) is 6.20 Å². The number of fused-ring (bicyclic) bond motifs is 3. The molecule has 1 aliphatic heterocycles. The van der Waals surface area contributed by atoms with Gasteiger partial charge in [-0.2, -0.15) is 0 Å². The summed E-state index contributed by atoms with van der Waals surface area (Å²) in [5.74, 6) is 0. The van der Waals surface area contributed by atoms with E-state index in [0.717, 1.165) is 25.2 Å². The van der Waals surface area contributed by atoms with Gasteiger partial charge < -0.3 is 4.57 Å². The molecule has 0 atom stereocenters. The molecule has 0 bridgehead atoms. The molecule has 4 rings (SSSR count). The summed E-state index contributed by atoms with van der Waals surface area (Å²) in [5, 5.41) is 1.47. The van der Waals surface area contributed by atoms with Crippen LogP contribution in [0.3, 0.4) is 0 Å². The van der Waals surface area contributed by atoms with Crippen LogP contribution in [0.5, 0.6) is 0 Å². The molecular formula is C27H37N3. The quantitative estimate of drug-likeness (QED) is 0.395. The van der Waals surface area contributed by atoms with Gasteiger partial charge in [-0.25, -0.2) is 0 Å². The van der Waals surface area contributed by atoms with Gasteiger partial charge in [0, 0.05) is 54.5 Å². The second-order valence-electron chi connectivity index (χ2n) is 9.10. The number of pyridine rings is 1. The maximum atomic E-state index is 4.48. The van der Waals surface area contributed by atoms with Gasteiger partial charge in [0.1, 0.15) is 0 Å². The highest BCUT2D eigenvalue weighted by Gasteiger charge is 2.23. The van der Waals surface area contributed by atoms with Crippen LogP contribution in [-0.4, -0.2) is 27.5 Å². The van der Waals surface area contributed by atoms with Crippen molar-refractivity contribution in [3.05, 3.63) is 64.6 Å². The fourth-order valence-corrected chi connectivity index (χ4v) is 4.89. The largest absolute Gasteiger partial charge is 0.344 e. The highest BCUT2D eigenvalue weighted by Crippen LogP contribution is 2.32. The zero-order valence-corrected chi connectivity index (χ0v) is 19.1. The summed E-state index contributed by atoms with van der Waals surface area (Å²) in [4.78, 5) is 7.17. The van der Waals surface area contributed by atoms with E-state index in [4.69, 9.17) is 0 Å². The molecule has 0 amide bonds. The molecule has 1 aliphatic rings. The minimum Gasteiger partial charge on any atom is -0.344 e. The predicted molar refractivity (Wildman–Crippen MR) is 127 cm³/mol. The van der Waals surface area contributed by atoms with Crippen molar-refractivity contribution in [2.45, 2.75) is 78.8 Å². The smallest absolute Gasteiger partial charge is 0.0486 e. The third-order valence-corrected chi connectivity index (χ3v) is 6.66. The molecule has 2 aromatic heterocycles. The van der Waals surface area contributed by atoms with Crippen molar-refractivity contribution in [3.8, 4) is 0 Å². The third-order valence-electron chi connectivity index (χ3n) is 6.66. The first kappa shape index (κ1) is 21.1. The van der Waals surface area contributed by atoms with Crippen molar-refractivity contribution < 1.29 is 0 Å². The molecular weight excluding hydrogens is 366 g/mol. The summed E-state index contributed by atoms with van der Waals surface area (Å²) in [5.41, 5.74) is 8.34. The normalized spacial score (nSPS) is 14.4. The Labute approximate surface area is 182 Å². The van der Waals surface area contributed by atoms with E-state index in [0.29, 0.717) is 0 Å². The van der Waals surface area contributed by atoms with Crippen LogP contribution in [0.15, 0.2) is 36.5 Å². The van der Waals surface area contributed by atoms with Crippen LogP contribution in [-0.2, 0) is 25.9 Å². The fraction of sp³-hybridized carbons (Fsp3) is 0.519. The van der Waals surface area contributed by atoms with Gasteiger partial charge in [-0.3, -0.25) is 9.88 Å². The summed E-state index contributed by atoms with van der Waals surface area (Å²) in [6, 6.07) is 11.4. The van der Waals surface area contributed by atoms with Crippen LogP contribution < -0.4 is 0 Å². The number of hydrogen-bond acceptors (Lipinski definition) is 2. The number of aryl methyl sites for hydroxylation is 4. The van der Waals surface area contributed by atoms with E-state index in [9.17, 15) is 0 Å². The first-order valence-corrected chi connectivity index (χ1v) is 11.9. The minimum atomic E-state index is 1.04. The molecule has 0 aliphatic carbocycles. The van der Waals surface area contributed by atoms with Crippen molar-refractivity contribution in [2.75, 3.05) is 13.1 Å². The SMILES string of the molecule is CCCCCCCN1CCc2c(c3cc(C)ccc3n2CCc2ccc(C)nc2)C1. The highest BCUT2D eigenvalue weighted by molar-refractivity contribution is 5.86. The van der Waals surface area contributed by atoms with Gasteiger partial charge in [0.05, 0.1) is 0 Å². The summed E-state index contributed by atoms with van der Waals surface area (Å²) in [6.07, 6.45) is 11.1. The molecule has 0 fully saturated rings. The van der Waals surface area contributed by atoms with Crippen molar-refractivity contribution in [2.24, 2.45) is 0 Å². The maximum Gasteiger partial charge on any atom is 0.0486 e. The first-order chi connectivity index (χ1) is 14.7. The van der Waals surface area contributed by atoms with Crippen LogP contribution in [0.25, 0.3) is 10.9 Å². The topological polar surface area (TPSA) is 21.1 Å². The van der Waals surface area contributed by atoms with Crippen LogP contribution in [0.4, 0.5) is 0 Å². The molecule has 0 saturated heterocycles. The van der Waals surface area contributed by atoms with Gasteiger partial charge in [-0.15, -0.1) is 0 Å². The molecule has 30 heavy (non-hydrogen) atoms. The Kier molecular flexibility index (Phi) is 6.89. The maximum absolute atomic E-state index is 4.48. The van der Waals surface area contributed by atoms with Crippen LogP contribution in [0.1, 0.15) is 67.1 Å². The number of rotatable bonds is 9. The molecule has 0 unspecified atom stereocenters. The van der Waals surface area contributed by atoms with Gasteiger partial charge in [-0.05, 0) is 62.6 Å². The van der Waals surface area contributed by atoms with E-state index in [1.165, 1.54) is 73.6 Å². The van der Waals surface area contributed by atoms with E-state index in [1.54, 1.807) is 11.3 Å². The highest BCUT2D eigenvalue weighted by atomic mass is 15.1. The lowest BCUT2D eigenvalue weighted by molar-refractivity contribution is 0.246. The van der Waals surface area contributed by atoms with Crippen molar-refractivity contribution in [3.63, 3.8) is 0 Å². The number of hydrogen-bond donors (Lipinski definition) is 0. The van der Waals surface area contributed by atoms with Gasteiger partial charge in [0.25, 0.3) is 0 Å². The van der Waals surface area contributed by atoms with Crippen molar-refractivity contribution in [1.29, 1.82) is 0 Å². The Morgan fingerprint density at radius 2 is 1.83 bits per heavy atom. The molecule has 3 aromatic rings. The Hall–Kier alpha value is -2.13. The molecule has 3 heterocycles. The number of aromatic nitrogens is 2. The standard InChI is InChI=1S/C27H37N3/c1-4-5-6-7-8-15-29-16-14-27-25(20-29)24-18-21(2)9-12-26(24)30(27)17-13-23-11-10-22(3)28-19-23/h9-12,18-19H,4-8,13-17,20H2,1-3H3. The molecule has 3 heteroatoms. The average molecular weight is 404 g/mol. The Balaban J connectivity index is 1.52. The molecule has 0 saturated carbocycles. The average Bonchev–Trinajstić information content (AvgIpc) is 3.05. The fourth-order valence-electron chi connectivity index (χ4n) is 4.89. The van der Waals surface area contributed by atoms with Crippen LogP contribution in [0, 0.1) is 13.8 Å². The summed E-state index contributed by atoms with van der Waals surface area (Å²) in [6.45, 7) is 11.2. The Morgan fingerprint density at radius 1 is 0.967 bits per heavy atom. The molecule has 1 aromatic carbocycles. The van der Waals surface area contributed by atoms with E-state index in [-0.39, 0.29) is 0 Å². The van der Waals surface area contributed by atoms with Gasteiger partial charge in [0.2, 0.25) is 0 Å². The Bertz CT molecular complexity index is 968. The molecule has 0 N–H and O–H groups in total. The van der Waals surface area contributed by atoms with Crippen LogP contribution >= 0.6 is 0 Å². The lowest BCUT2D eigenvalue weighted by Crippen LogP contribution is -2.32. The third kappa shape index (κ3) is 4.78. The van der Waals surface area contributed by atoms with Gasteiger partial charge >= 0.3 is 0 Å². The summed E-state index contributed by atoms with van der Waals surface area (Å²) < 4.78 is 2.60.